The van der Waals surface area contributed by atoms with Crippen LogP contribution in [0.15, 0.2) is 29.2 Å². The molecule has 1 aromatic carbocycles. The van der Waals surface area contributed by atoms with Crippen LogP contribution in [0.2, 0.25) is 0 Å². The van der Waals surface area contributed by atoms with Crippen molar-refractivity contribution in [3.8, 4) is 0 Å². The molecule has 0 heterocycles. The average molecular weight is 272 g/mol. The molecule has 100 valence electrons. The molecule has 0 aliphatic carbocycles. The summed E-state index contributed by atoms with van der Waals surface area (Å²) in [5, 5.41) is 8.79. The number of rotatable bonds is 5. The predicted molar refractivity (Wildman–Crippen MR) is 66.6 cm³/mol. The molecule has 0 spiro atoms. The lowest BCUT2D eigenvalue weighted by atomic mass is 10.1. The highest BCUT2D eigenvalue weighted by atomic mass is 32.2. The number of nitrogens with two attached hydrogens (primary N) is 1. The summed E-state index contributed by atoms with van der Waals surface area (Å²) in [4.78, 5) is 10.8. The lowest BCUT2D eigenvalue weighted by Gasteiger charge is -2.19. The molecule has 0 saturated carbocycles. The zero-order valence-corrected chi connectivity index (χ0v) is 11.0. The zero-order valence-electron chi connectivity index (χ0n) is 10.2. The van der Waals surface area contributed by atoms with E-state index >= 15 is 0 Å². The maximum absolute atomic E-state index is 11.9. The highest BCUT2D eigenvalue weighted by molar-refractivity contribution is 7.89. The Kier molecular flexibility index (Phi) is 4.10. The second-order valence-corrected chi connectivity index (χ2v) is 6.13. The fourth-order valence-corrected chi connectivity index (χ4v) is 2.27. The Bertz CT molecular complexity index is 535. The first-order valence-corrected chi connectivity index (χ1v) is 6.72. The van der Waals surface area contributed by atoms with E-state index in [-0.39, 0.29) is 11.4 Å². The molecule has 0 bridgehead atoms. The lowest BCUT2D eigenvalue weighted by Crippen LogP contribution is -2.53. The predicted octanol–water partition coefficient (Wildman–Crippen LogP) is 0.0753. The van der Waals surface area contributed by atoms with Gasteiger partial charge in [0.1, 0.15) is 5.54 Å². The minimum atomic E-state index is -3.74. The summed E-state index contributed by atoms with van der Waals surface area (Å²) in [7, 11) is -3.74. The average Bonchev–Trinajstić information content (AvgIpc) is 2.27. The van der Waals surface area contributed by atoms with Gasteiger partial charge in [0.2, 0.25) is 10.0 Å². The smallest absolute Gasteiger partial charge is 0.324 e. The van der Waals surface area contributed by atoms with Gasteiger partial charge in [-0.15, -0.1) is 0 Å². The monoisotopic (exact) mass is 272 g/mol. The van der Waals surface area contributed by atoms with E-state index in [2.05, 4.69) is 4.72 Å². The van der Waals surface area contributed by atoms with Gasteiger partial charge in [0.25, 0.3) is 0 Å². The number of aliphatic carboxylic acids is 1. The zero-order chi connectivity index (χ0) is 14.0. The Balaban J connectivity index is 2.84. The van der Waals surface area contributed by atoms with Gasteiger partial charge in [0.15, 0.2) is 0 Å². The minimum Gasteiger partial charge on any atom is -0.480 e. The van der Waals surface area contributed by atoms with Crippen molar-refractivity contribution in [1.29, 1.82) is 0 Å². The Morgan fingerprint density at radius 3 is 2.33 bits per heavy atom. The molecule has 0 amide bonds. The van der Waals surface area contributed by atoms with E-state index < -0.39 is 21.5 Å². The van der Waals surface area contributed by atoms with Crippen molar-refractivity contribution >= 4 is 16.0 Å². The number of aryl methyl sites for hydroxylation is 1. The van der Waals surface area contributed by atoms with Crippen molar-refractivity contribution in [2.75, 3.05) is 6.54 Å². The van der Waals surface area contributed by atoms with Gasteiger partial charge in [0.05, 0.1) is 4.90 Å². The van der Waals surface area contributed by atoms with Gasteiger partial charge in [-0.25, -0.2) is 13.1 Å². The van der Waals surface area contributed by atoms with Crippen LogP contribution in [-0.2, 0) is 14.8 Å². The summed E-state index contributed by atoms with van der Waals surface area (Å²) in [6.07, 6.45) is 0. The topological polar surface area (TPSA) is 109 Å². The molecule has 6 nitrogen and oxygen atoms in total. The Labute approximate surface area is 106 Å². The van der Waals surface area contributed by atoms with Gasteiger partial charge in [-0.3, -0.25) is 4.79 Å². The molecular weight excluding hydrogens is 256 g/mol. The fraction of sp³-hybridized carbons (Fsp3) is 0.364. The highest BCUT2D eigenvalue weighted by Gasteiger charge is 2.29. The van der Waals surface area contributed by atoms with Crippen LogP contribution in [-0.4, -0.2) is 31.6 Å². The molecule has 0 saturated heterocycles. The normalized spacial score (nSPS) is 15.1. The molecule has 0 aliphatic rings. The fourth-order valence-electron chi connectivity index (χ4n) is 1.12. The number of hydrogen-bond acceptors (Lipinski definition) is 4. The Morgan fingerprint density at radius 2 is 1.89 bits per heavy atom. The molecule has 4 N–H and O–H groups in total. The SMILES string of the molecule is Cc1ccc(S(=O)(=O)NCC(C)(N)C(=O)O)cc1. The summed E-state index contributed by atoms with van der Waals surface area (Å²) < 4.78 is 25.9. The molecule has 1 aromatic rings. The molecular formula is C11H16N2O4S. The van der Waals surface area contributed by atoms with Gasteiger partial charge in [-0.05, 0) is 26.0 Å². The van der Waals surface area contributed by atoms with Crippen molar-refractivity contribution in [2.45, 2.75) is 24.3 Å². The second-order valence-electron chi connectivity index (χ2n) is 4.36. The quantitative estimate of drug-likeness (QED) is 0.703. The first kappa shape index (κ1) is 14.6. The van der Waals surface area contributed by atoms with E-state index in [0.717, 1.165) is 5.56 Å². The number of carboxylic acids is 1. The van der Waals surface area contributed by atoms with Crippen LogP contribution in [0.4, 0.5) is 0 Å². The largest absolute Gasteiger partial charge is 0.480 e. The third kappa shape index (κ3) is 3.52. The van der Waals surface area contributed by atoms with Crippen molar-refractivity contribution in [3.63, 3.8) is 0 Å². The van der Waals surface area contributed by atoms with E-state index in [1.807, 2.05) is 6.92 Å². The molecule has 0 fully saturated rings. The van der Waals surface area contributed by atoms with Crippen LogP contribution in [0.1, 0.15) is 12.5 Å². The van der Waals surface area contributed by atoms with Gasteiger partial charge in [-0.2, -0.15) is 0 Å². The molecule has 18 heavy (non-hydrogen) atoms. The number of carboxylic acid groups (broad SMARTS) is 1. The standard InChI is InChI=1S/C11H16N2O4S/c1-8-3-5-9(6-4-8)18(16,17)13-7-11(2,12)10(14)15/h3-6,13H,7,12H2,1-2H3,(H,14,15). The Morgan fingerprint density at radius 1 is 1.39 bits per heavy atom. The molecule has 1 unspecified atom stereocenters. The van der Waals surface area contributed by atoms with Crippen molar-refractivity contribution in [3.05, 3.63) is 29.8 Å². The van der Waals surface area contributed by atoms with Crippen LogP contribution in [0.5, 0.6) is 0 Å². The van der Waals surface area contributed by atoms with Crippen molar-refractivity contribution in [1.82, 2.24) is 4.72 Å². The van der Waals surface area contributed by atoms with Crippen molar-refractivity contribution < 1.29 is 18.3 Å². The summed E-state index contributed by atoms with van der Waals surface area (Å²) in [6, 6.07) is 6.22. The Hall–Kier alpha value is -1.44. The van der Waals surface area contributed by atoms with Gasteiger partial charge < -0.3 is 10.8 Å². The molecule has 0 aliphatic heterocycles. The van der Waals surface area contributed by atoms with Gasteiger partial charge >= 0.3 is 5.97 Å². The summed E-state index contributed by atoms with van der Waals surface area (Å²) in [5.74, 6) is -1.27. The maximum Gasteiger partial charge on any atom is 0.324 e. The van der Waals surface area contributed by atoms with E-state index in [0.29, 0.717) is 0 Å². The van der Waals surface area contributed by atoms with Crippen LogP contribution in [0, 0.1) is 6.92 Å². The van der Waals surface area contributed by atoms with E-state index in [9.17, 15) is 13.2 Å². The minimum absolute atomic E-state index is 0.0780. The number of benzene rings is 1. The highest BCUT2D eigenvalue weighted by Crippen LogP contribution is 2.10. The molecule has 0 radical (unpaired) electrons. The van der Waals surface area contributed by atoms with Gasteiger partial charge in [0, 0.05) is 6.54 Å². The second kappa shape index (κ2) is 5.05. The molecule has 1 atom stereocenters. The maximum atomic E-state index is 11.9. The third-order valence-corrected chi connectivity index (χ3v) is 3.87. The van der Waals surface area contributed by atoms with Crippen LogP contribution in [0.25, 0.3) is 0 Å². The van der Waals surface area contributed by atoms with E-state index in [4.69, 9.17) is 10.8 Å². The first-order valence-electron chi connectivity index (χ1n) is 5.24. The molecule has 7 heteroatoms. The third-order valence-electron chi connectivity index (χ3n) is 2.45. The number of hydrogen-bond donors (Lipinski definition) is 3. The number of nitrogens with one attached hydrogen (secondary N) is 1. The van der Waals surface area contributed by atoms with Gasteiger partial charge in [-0.1, -0.05) is 17.7 Å². The summed E-state index contributed by atoms with van der Waals surface area (Å²) in [5.41, 5.74) is 4.73. The lowest BCUT2D eigenvalue weighted by molar-refractivity contribution is -0.142. The summed E-state index contributed by atoms with van der Waals surface area (Å²) >= 11 is 0. The molecule has 1 rings (SSSR count). The van der Waals surface area contributed by atoms with Crippen LogP contribution >= 0.6 is 0 Å². The van der Waals surface area contributed by atoms with Crippen molar-refractivity contribution in [2.24, 2.45) is 5.73 Å². The molecule has 0 aromatic heterocycles. The van der Waals surface area contributed by atoms with E-state index in [1.165, 1.54) is 19.1 Å². The first-order chi connectivity index (χ1) is 8.15. The number of carbonyl (C=O) groups is 1. The van der Waals surface area contributed by atoms with E-state index in [1.54, 1.807) is 12.1 Å². The summed E-state index contributed by atoms with van der Waals surface area (Å²) in [6.45, 7) is 2.71. The van der Waals surface area contributed by atoms with Crippen LogP contribution in [0.3, 0.4) is 0 Å². The number of sulfonamides is 1. The van der Waals surface area contributed by atoms with Crippen LogP contribution < -0.4 is 10.5 Å².